The van der Waals surface area contributed by atoms with Gasteiger partial charge in [-0.05, 0) is 116 Å². The van der Waals surface area contributed by atoms with Gasteiger partial charge in [0.15, 0.2) is 0 Å². The number of para-hydroxylation sites is 1. The van der Waals surface area contributed by atoms with Crippen LogP contribution in [0.25, 0.3) is 0 Å². The molecule has 3 aromatic carbocycles. The number of nitrogens with one attached hydrogen (secondary N) is 4. The fourth-order valence-electron chi connectivity index (χ4n) is 5.29. The molecule has 3 rings (SSSR count). The molecule has 0 unspecified atom stereocenters. The minimum atomic E-state index is -0.609. The number of benzene rings is 3. The SMILES string of the molecule is COc1cc(C(=O)N(C)c2ccc(C)cc2OCCCCNC(=O)CCNC(=O)OC(C)(C)C)ccc1NC(=O)c1ccccc1OCCCNC(=O)OC(C)(C)C. The molecule has 0 atom stereocenters. The van der Waals surface area contributed by atoms with Crippen LogP contribution in [-0.2, 0) is 14.3 Å². The highest BCUT2D eigenvalue weighted by atomic mass is 16.6. The van der Waals surface area contributed by atoms with Crippen molar-refractivity contribution < 1.29 is 47.7 Å². The number of unbranched alkanes of at least 4 members (excludes halogenated alkanes) is 1. The quantitative estimate of drug-likeness (QED) is 0.0920. The number of hydrogen-bond acceptors (Lipinski definition) is 10. The van der Waals surface area contributed by atoms with E-state index < -0.39 is 29.3 Å². The number of ether oxygens (including phenoxy) is 5. The van der Waals surface area contributed by atoms with Gasteiger partial charge in [0.2, 0.25) is 5.91 Å². The van der Waals surface area contributed by atoms with Crippen molar-refractivity contribution in [1.29, 1.82) is 0 Å². The smallest absolute Gasteiger partial charge is 0.407 e. The molecule has 15 nitrogen and oxygen atoms in total. The van der Waals surface area contributed by atoms with Gasteiger partial charge in [0.25, 0.3) is 11.8 Å². The summed E-state index contributed by atoms with van der Waals surface area (Å²) in [5.41, 5.74) is 1.29. The number of hydrogen-bond donors (Lipinski definition) is 4. The van der Waals surface area contributed by atoms with Crippen molar-refractivity contribution in [2.45, 2.75) is 85.4 Å². The molecule has 0 spiro atoms. The summed E-state index contributed by atoms with van der Waals surface area (Å²) in [6.07, 6.45) is 0.863. The second-order valence-corrected chi connectivity index (χ2v) is 15.4. The van der Waals surface area contributed by atoms with Gasteiger partial charge >= 0.3 is 12.2 Å². The lowest BCUT2D eigenvalue weighted by atomic mass is 10.1. The highest BCUT2D eigenvalue weighted by Gasteiger charge is 2.22. The lowest BCUT2D eigenvalue weighted by molar-refractivity contribution is -0.120. The van der Waals surface area contributed by atoms with Gasteiger partial charge in [-0.25, -0.2) is 9.59 Å². The average Bonchev–Trinajstić information content (AvgIpc) is 3.14. The molecule has 0 saturated carbocycles. The van der Waals surface area contributed by atoms with Crippen LogP contribution in [0.3, 0.4) is 0 Å². The first-order valence-corrected chi connectivity index (χ1v) is 19.3. The molecule has 0 bridgehead atoms. The van der Waals surface area contributed by atoms with Gasteiger partial charge in [-0.2, -0.15) is 0 Å². The minimum absolute atomic E-state index is 0.135. The zero-order valence-electron chi connectivity index (χ0n) is 35.2. The summed E-state index contributed by atoms with van der Waals surface area (Å²) < 4.78 is 28.0. The van der Waals surface area contributed by atoms with E-state index in [9.17, 15) is 24.0 Å². The zero-order chi connectivity index (χ0) is 42.9. The zero-order valence-corrected chi connectivity index (χ0v) is 35.2. The molecular weight excluding hydrogens is 746 g/mol. The summed E-state index contributed by atoms with van der Waals surface area (Å²) in [6, 6.07) is 17.1. The maximum Gasteiger partial charge on any atom is 0.407 e. The lowest BCUT2D eigenvalue weighted by Gasteiger charge is -2.22. The summed E-state index contributed by atoms with van der Waals surface area (Å²) in [7, 11) is 3.10. The summed E-state index contributed by atoms with van der Waals surface area (Å²) in [5, 5.41) is 10.9. The maximum absolute atomic E-state index is 13.8. The Morgan fingerprint density at radius 1 is 0.672 bits per heavy atom. The van der Waals surface area contributed by atoms with Crippen molar-refractivity contribution in [3.63, 3.8) is 0 Å². The van der Waals surface area contributed by atoms with Gasteiger partial charge in [0.05, 0.1) is 37.3 Å². The lowest BCUT2D eigenvalue weighted by Crippen LogP contribution is -2.35. The fraction of sp³-hybridized carbons (Fsp3) is 0.465. The molecule has 0 aliphatic heterocycles. The third-order valence-electron chi connectivity index (χ3n) is 8.03. The molecule has 0 aromatic heterocycles. The largest absolute Gasteiger partial charge is 0.495 e. The molecule has 4 N–H and O–H groups in total. The molecule has 58 heavy (non-hydrogen) atoms. The maximum atomic E-state index is 13.8. The Morgan fingerprint density at radius 3 is 1.97 bits per heavy atom. The van der Waals surface area contributed by atoms with Gasteiger partial charge in [0.1, 0.15) is 28.5 Å². The molecule has 3 aromatic rings. The van der Waals surface area contributed by atoms with E-state index in [2.05, 4.69) is 21.3 Å². The van der Waals surface area contributed by atoms with Crippen LogP contribution in [0.5, 0.6) is 17.2 Å². The number of aryl methyl sites for hydroxylation is 1. The standard InChI is InChI=1S/C43H59N5O10/c1-29-17-20-33(36(27-29)56-25-13-12-22-44-37(49)21-24-46-41(53)58-43(5,6)7)48(8)39(51)30-18-19-32(35(28-30)54-9)47-38(50)31-15-10-11-16-34(31)55-26-14-23-45-40(52)57-42(2,3)4/h10-11,15-20,27-28H,12-14,21-26H2,1-9H3,(H,44,49)(H,45,52)(H,46,53)(H,47,50). The van der Waals surface area contributed by atoms with Crippen LogP contribution in [0.1, 0.15) is 93.5 Å². The van der Waals surface area contributed by atoms with E-state index >= 15 is 0 Å². The highest BCUT2D eigenvalue weighted by molar-refractivity contribution is 6.09. The first kappa shape index (κ1) is 46.4. The molecule has 0 radical (unpaired) electrons. The summed E-state index contributed by atoms with van der Waals surface area (Å²) in [6.45, 7) is 14.2. The van der Waals surface area contributed by atoms with Crippen LogP contribution in [0.2, 0.25) is 0 Å². The molecule has 316 valence electrons. The molecule has 0 saturated heterocycles. The van der Waals surface area contributed by atoms with Gasteiger partial charge in [-0.15, -0.1) is 0 Å². The van der Waals surface area contributed by atoms with Crippen molar-refractivity contribution in [1.82, 2.24) is 16.0 Å². The minimum Gasteiger partial charge on any atom is -0.495 e. The third kappa shape index (κ3) is 16.2. The fourth-order valence-corrected chi connectivity index (χ4v) is 5.29. The summed E-state index contributed by atoms with van der Waals surface area (Å²) >= 11 is 0. The molecule has 0 aliphatic rings. The van der Waals surface area contributed by atoms with Crippen molar-refractivity contribution in [2.75, 3.05) is 57.2 Å². The van der Waals surface area contributed by atoms with Crippen LogP contribution < -0.4 is 40.4 Å². The molecule has 15 heteroatoms. The van der Waals surface area contributed by atoms with E-state index in [0.29, 0.717) is 73.0 Å². The number of nitrogens with zero attached hydrogens (tertiary/aromatic N) is 1. The number of alkyl carbamates (subject to hydrolysis) is 2. The molecule has 0 fully saturated rings. The van der Waals surface area contributed by atoms with E-state index in [-0.39, 0.29) is 37.1 Å². The monoisotopic (exact) mass is 805 g/mol. The van der Waals surface area contributed by atoms with Crippen molar-refractivity contribution >= 4 is 41.3 Å². The number of carbonyl (C=O) groups is 5. The Morgan fingerprint density at radius 2 is 1.29 bits per heavy atom. The molecular formula is C43H59N5O10. The Hall–Kier alpha value is -5.99. The Kier molecular flexibility index (Phi) is 17.7. The van der Waals surface area contributed by atoms with Crippen molar-refractivity contribution in [3.8, 4) is 17.2 Å². The number of carbonyl (C=O) groups excluding carboxylic acids is 5. The summed E-state index contributed by atoms with van der Waals surface area (Å²) in [4.78, 5) is 64.4. The molecule has 5 amide bonds. The van der Waals surface area contributed by atoms with Crippen LogP contribution in [0, 0.1) is 6.92 Å². The normalized spacial score (nSPS) is 11.1. The van der Waals surface area contributed by atoms with Gasteiger partial charge < -0.3 is 49.9 Å². The number of amides is 5. The van der Waals surface area contributed by atoms with E-state index in [1.165, 1.54) is 12.0 Å². The van der Waals surface area contributed by atoms with Crippen LogP contribution in [-0.4, -0.2) is 88.1 Å². The third-order valence-corrected chi connectivity index (χ3v) is 8.03. The van der Waals surface area contributed by atoms with E-state index in [1.54, 1.807) is 91.1 Å². The van der Waals surface area contributed by atoms with Crippen molar-refractivity contribution in [3.05, 3.63) is 77.4 Å². The van der Waals surface area contributed by atoms with E-state index in [1.807, 2.05) is 25.1 Å². The number of methoxy groups -OCH3 is 1. The van der Waals surface area contributed by atoms with Crippen LogP contribution >= 0.6 is 0 Å². The Bertz CT molecular complexity index is 1870. The van der Waals surface area contributed by atoms with Crippen LogP contribution in [0.15, 0.2) is 60.7 Å². The second-order valence-electron chi connectivity index (χ2n) is 15.4. The number of rotatable bonds is 19. The Labute approximate surface area is 341 Å². The van der Waals surface area contributed by atoms with E-state index in [0.717, 1.165) is 5.56 Å². The topological polar surface area (TPSA) is 183 Å². The number of anilines is 2. The summed E-state index contributed by atoms with van der Waals surface area (Å²) in [5.74, 6) is 0.242. The average molecular weight is 806 g/mol. The first-order valence-electron chi connectivity index (χ1n) is 19.3. The van der Waals surface area contributed by atoms with Gasteiger partial charge in [0, 0.05) is 38.7 Å². The predicted molar refractivity (Wildman–Crippen MR) is 222 cm³/mol. The van der Waals surface area contributed by atoms with Gasteiger partial charge in [-0.1, -0.05) is 18.2 Å². The van der Waals surface area contributed by atoms with Gasteiger partial charge in [-0.3, -0.25) is 14.4 Å². The van der Waals surface area contributed by atoms with Crippen LogP contribution in [0.4, 0.5) is 21.0 Å². The first-order chi connectivity index (χ1) is 27.4. The highest BCUT2D eigenvalue weighted by Crippen LogP contribution is 2.32. The van der Waals surface area contributed by atoms with Crippen molar-refractivity contribution in [2.24, 2.45) is 0 Å². The molecule has 0 aliphatic carbocycles. The molecule has 0 heterocycles. The Balaban J connectivity index is 1.54. The second kappa shape index (κ2) is 22.1. The van der Waals surface area contributed by atoms with E-state index in [4.69, 9.17) is 23.7 Å². The predicted octanol–water partition coefficient (Wildman–Crippen LogP) is 7.02.